The van der Waals surface area contributed by atoms with E-state index in [4.69, 9.17) is 5.73 Å². The molecule has 0 unspecified atom stereocenters. The maximum Gasteiger partial charge on any atom is 0.239 e. The average Bonchev–Trinajstić information content (AvgIpc) is 2.66. The number of aromatic nitrogens is 1. The van der Waals surface area contributed by atoms with Gasteiger partial charge in [0.15, 0.2) is 15.7 Å². The van der Waals surface area contributed by atoms with Crippen molar-refractivity contribution in [2.75, 3.05) is 23.3 Å². The van der Waals surface area contributed by atoms with Gasteiger partial charge in [0, 0.05) is 5.54 Å². The second-order valence-electron chi connectivity index (χ2n) is 5.70. The zero-order valence-corrected chi connectivity index (χ0v) is 14.3. The highest BCUT2D eigenvalue weighted by Gasteiger charge is 2.25. The summed E-state index contributed by atoms with van der Waals surface area (Å²) in [5, 5.41) is 5.90. The molecule has 21 heavy (non-hydrogen) atoms. The fourth-order valence-electron chi connectivity index (χ4n) is 1.70. The first-order valence-electron chi connectivity index (χ1n) is 6.59. The quantitative estimate of drug-likeness (QED) is 0.721. The summed E-state index contributed by atoms with van der Waals surface area (Å²) in [6, 6.07) is 0. The van der Waals surface area contributed by atoms with Gasteiger partial charge in [0.2, 0.25) is 5.91 Å². The monoisotopic (exact) mass is 334 g/mol. The topological polar surface area (TPSA) is 114 Å². The van der Waals surface area contributed by atoms with E-state index in [9.17, 15) is 13.2 Å². The zero-order valence-electron chi connectivity index (χ0n) is 12.7. The van der Waals surface area contributed by atoms with Gasteiger partial charge >= 0.3 is 0 Å². The minimum absolute atomic E-state index is 0.00151. The SMILES string of the molecule is CCCS(=O)(=O)c1c(N)nsc1NCC(=O)NC(C)(C)C. The van der Waals surface area contributed by atoms with Crippen LogP contribution in [0.25, 0.3) is 0 Å². The smallest absolute Gasteiger partial charge is 0.239 e. The van der Waals surface area contributed by atoms with E-state index >= 15 is 0 Å². The van der Waals surface area contributed by atoms with Crippen molar-refractivity contribution in [2.45, 2.75) is 44.6 Å². The summed E-state index contributed by atoms with van der Waals surface area (Å²) < 4.78 is 28.2. The molecule has 0 aliphatic carbocycles. The van der Waals surface area contributed by atoms with E-state index in [1.54, 1.807) is 6.92 Å². The molecule has 0 spiro atoms. The molecule has 0 aromatic carbocycles. The maximum atomic E-state index is 12.2. The van der Waals surface area contributed by atoms with Crippen molar-refractivity contribution in [1.29, 1.82) is 0 Å². The molecule has 1 aromatic rings. The van der Waals surface area contributed by atoms with Crippen molar-refractivity contribution >= 4 is 38.1 Å². The van der Waals surface area contributed by atoms with Crippen LogP contribution in [0.4, 0.5) is 10.8 Å². The number of nitrogens with two attached hydrogens (primary N) is 1. The van der Waals surface area contributed by atoms with Gasteiger partial charge in [-0.3, -0.25) is 4.79 Å². The van der Waals surface area contributed by atoms with Crippen molar-refractivity contribution in [2.24, 2.45) is 0 Å². The lowest BCUT2D eigenvalue weighted by molar-refractivity contribution is -0.120. The predicted octanol–water partition coefficient (Wildman–Crippen LogP) is 1.24. The molecule has 1 aromatic heterocycles. The van der Waals surface area contributed by atoms with Gasteiger partial charge in [-0.05, 0) is 38.7 Å². The highest BCUT2D eigenvalue weighted by molar-refractivity contribution is 7.91. The van der Waals surface area contributed by atoms with Crippen LogP contribution >= 0.6 is 11.5 Å². The third-order valence-electron chi connectivity index (χ3n) is 2.38. The number of rotatable bonds is 6. The third kappa shape index (κ3) is 5.16. The Kier molecular flexibility index (Phi) is 5.57. The normalized spacial score (nSPS) is 12.2. The molecule has 0 atom stereocenters. The molecule has 0 aliphatic heterocycles. The van der Waals surface area contributed by atoms with E-state index in [1.807, 2.05) is 20.8 Å². The Balaban J connectivity index is 2.85. The highest BCUT2D eigenvalue weighted by atomic mass is 32.2. The van der Waals surface area contributed by atoms with Crippen molar-refractivity contribution in [3.05, 3.63) is 0 Å². The fourth-order valence-corrected chi connectivity index (χ4v) is 4.32. The summed E-state index contributed by atoms with van der Waals surface area (Å²) in [6.07, 6.45) is 0.488. The summed E-state index contributed by atoms with van der Waals surface area (Å²) >= 11 is 0.944. The summed E-state index contributed by atoms with van der Waals surface area (Å²) in [7, 11) is -3.48. The number of carbonyl (C=O) groups excluding carboxylic acids is 1. The van der Waals surface area contributed by atoms with Gasteiger partial charge < -0.3 is 16.4 Å². The highest BCUT2D eigenvalue weighted by Crippen LogP contribution is 2.32. The van der Waals surface area contributed by atoms with Crippen molar-refractivity contribution in [1.82, 2.24) is 9.69 Å². The molecule has 0 saturated carbocycles. The van der Waals surface area contributed by atoms with Gasteiger partial charge in [-0.2, -0.15) is 4.37 Å². The number of nitrogens with zero attached hydrogens (tertiary/aromatic N) is 1. The number of carbonyl (C=O) groups is 1. The first-order chi connectivity index (χ1) is 9.57. The number of nitrogens with one attached hydrogen (secondary N) is 2. The van der Waals surface area contributed by atoms with E-state index < -0.39 is 9.84 Å². The fraction of sp³-hybridized carbons (Fsp3) is 0.667. The van der Waals surface area contributed by atoms with Crippen molar-refractivity contribution < 1.29 is 13.2 Å². The average molecular weight is 334 g/mol. The van der Waals surface area contributed by atoms with Crippen LogP contribution in [0.5, 0.6) is 0 Å². The second kappa shape index (κ2) is 6.61. The van der Waals surface area contributed by atoms with Gasteiger partial charge in [0.05, 0.1) is 12.3 Å². The lowest BCUT2D eigenvalue weighted by Crippen LogP contribution is -2.43. The Morgan fingerprint density at radius 1 is 1.38 bits per heavy atom. The maximum absolute atomic E-state index is 12.2. The van der Waals surface area contributed by atoms with E-state index in [0.717, 1.165) is 11.5 Å². The van der Waals surface area contributed by atoms with E-state index in [2.05, 4.69) is 15.0 Å². The molecule has 1 amide bonds. The first kappa shape index (κ1) is 17.7. The van der Waals surface area contributed by atoms with Crippen molar-refractivity contribution in [3.8, 4) is 0 Å². The molecule has 0 saturated heterocycles. The van der Waals surface area contributed by atoms with Crippen LogP contribution in [-0.4, -0.2) is 36.5 Å². The van der Waals surface area contributed by atoms with Crippen LogP contribution in [-0.2, 0) is 14.6 Å². The third-order valence-corrected chi connectivity index (χ3v) is 5.31. The van der Waals surface area contributed by atoms with Crippen molar-refractivity contribution in [3.63, 3.8) is 0 Å². The summed E-state index contributed by atoms with van der Waals surface area (Å²) in [5.74, 6) is -0.251. The molecule has 0 fully saturated rings. The Morgan fingerprint density at radius 3 is 2.52 bits per heavy atom. The van der Waals surface area contributed by atoms with E-state index in [0.29, 0.717) is 11.4 Å². The van der Waals surface area contributed by atoms with Crippen LogP contribution in [0.15, 0.2) is 4.90 Å². The van der Waals surface area contributed by atoms with Gasteiger partial charge in [-0.1, -0.05) is 6.92 Å². The largest absolute Gasteiger partial charge is 0.382 e. The molecular weight excluding hydrogens is 312 g/mol. The Hall–Kier alpha value is -1.35. The molecule has 0 bridgehead atoms. The number of amides is 1. The summed E-state index contributed by atoms with van der Waals surface area (Å²) in [4.78, 5) is 11.8. The van der Waals surface area contributed by atoms with Gasteiger partial charge in [-0.15, -0.1) is 0 Å². The Labute approximate surface area is 129 Å². The summed E-state index contributed by atoms with van der Waals surface area (Å²) in [6.45, 7) is 7.34. The standard InChI is InChI=1S/C12H22N4O3S2/c1-5-6-21(18,19)9-10(13)16-20-11(9)14-7-8(17)15-12(2,3)4/h14H,5-7H2,1-4H3,(H2,13,16)(H,15,17). The summed E-state index contributed by atoms with van der Waals surface area (Å²) in [5.41, 5.74) is 5.30. The molecule has 9 heteroatoms. The van der Waals surface area contributed by atoms with Gasteiger partial charge in [-0.25, -0.2) is 8.42 Å². The van der Waals surface area contributed by atoms with Crippen LogP contribution < -0.4 is 16.4 Å². The minimum Gasteiger partial charge on any atom is -0.382 e. The lowest BCUT2D eigenvalue weighted by atomic mass is 10.1. The number of anilines is 2. The molecular formula is C12H22N4O3S2. The number of nitrogen functional groups attached to an aromatic ring is 1. The molecule has 0 aliphatic rings. The first-order valence-corrected chi connectivity index (χ1v) is 9.02. The zero-order chi connectivity index (χ0) is 16.3. The van der Waals surface area contributed by atoms with E-state index in [1.165, 1.54) is 0 Å². The van der Waals surface area contributed by atoms with E-state index in [-0.39, 0.29) is 34.5 Å². The number of hydrogen-bond donors (Lipinski definition) is 3. The van der Waals surface area contributed by atoms with Crippen LogP contribution in [0.3, 0.4) is 0 Å². The van der Waals surface area contributed by atoms with Crippen LogP contribution in [0, 0.1) is 0 Å². The van der Waals surface area contributed by atoms with Gasteiger partial charge in [0.1, 0.15) is 9.90 Å². The molecule has 0 radical (unpaired) electrons. The van der Waals surface area contributed by atoms with Crippen LogP contribution in [0.2, 0.25) is 0 Å². The molecule has 120 valence electrons. The van der Waals surface area contributed by atoms with Crippen LogP contribution in [0.1, 0.15) is 34.1 Å². The molecule has 4 N–H and O–H groups in total. The molecule has 7 nitrogen and oxygen atoms in total. The Bertz CT molecular complexity index is 603. The second-order valence-corrected chi connectivity index (χ2v) is 8.52. The Morgan fingerprint density at radius 2 is 2.00 bits per heavy atom. The number of hydrogen-bond acceptors (Lipinski definition) is 7. The lowest BCUT2D eigenvalue weighted by Gasteiger charge is -2.20. The molecule has 1 heterocycles. The predicted molar refractivity (Wildman–Crippen MR) is 85.3 cm³/mol. The van der Waals surface area contributed by atoms with Gasteiger partial charge in [0.25, 0.3) is 0 Å². The molecule has 1 rings (SSSR count). The minimum atomic E-state index is -3.48. The number of sulfone groups is 1.